The standard InChI is InChI=1S/C18H16ClF3N2O2/c19-16-14(15-13(25)2-1-11(20)17(15)22)12(21)5-9-7-24-4-3-23-6-10(24)8-26-18(9)16/h1-2,5,10,23,25H,3-4,6-8H2/t10-/m1/s1. The van der Waals surface area contributed by atoms with E-state index in [9.17, 15) is 18.3 Å². The molecule has 138 valence electrons. The van der Waals surface area contributed by atoms with Gasteiger partial charge >= 0.3 is 0 Å². The molecule has 0 saturated carbocycles. The highest BCUT2D eigenvalue weighted by Crippen LogP contribution is 2.45. The predicted molar refractivity (Wildman–Crippen MR) is 91.0 cm³/mol. The summed E-state index contributed by atoms with van der Waals surface area (Å²) in [7, 11) is 0. The maximum Gasteiger partial charge on any atom is 0.170 e. The number of rotatable bonds is 1. The summed E-state index contributed by atoms with van der Waals surface area (Å²) < 4.78 is 48.5. The van der Waals surface area contributed by atoms with Crippen molar-refractivity contribution in [2.24, 2.45) is 0 Å². The molecule has 1 saturated heterocycles. The third-order valence-corrected chi connectivity index (χ3v) is 5.20. The van der Waals surface area contributed by atoms with Gasteiger partial charge in [-0.2, -0.15) is 0 Å². The number of hydrogen-bond acceptors (Lipinski definition) is 4. The molecule has 2 heterocycles. The Morgan fingerprint density at radius 2 is 2.00 bits per heavy atom. The fourth-order valence-corrected chi connectivity index (χ4v) is 3.87. The van der Waals surface area contributed by atoms with E-state index < -0.39 is 34.3 Å². The number of phenols is 1. The first-order valence-electron chi connectivity index (χ1n) is 8.23. The number of phenolic OH excluding ortho intramolecular Hbond substituents is 1. The van der Waals surface area contributed by atoms with E-state index in [0.717, 1.165) is 31.8 Å². The number of hydrogen-bond donors (Lipinski definition) is 2. The Hall–Kier alpha value is -1.96. The quantitative estimate of drug-likeness (QED) is 0.792. The molecule has 2 aliphatic heterocycles. The van der Waals surface area contributed by atoms with Crippen molar-refractivity contribution in [3.05, 3.63) is 46.2 Å². The lowest BCUT2D eigenvalue weighted by Gasteiger charge is -2.33. The Kier molecular flexibility index (Phi) is 4.46. The molecule has 0 spiro atoms. The molecule has 0 unspecified atom stereocenters. The Morgan fingerprint density at radius 3 is 2.81 bits per heavy atom. The van der Waals surface area contributed by atoms with Crippen LogP contribution in [0.15, 0.2) is 18.2 Å². The van der Waals surface area contributed by atoms with Gasteiger partial charge in [-0.3, -0.25) is 4.90 Å². The monoisotopic (exact) mass is 384 g/mol. The van der Waals surface area contributed by atoms with Gasteiger partial charge in [0.05, 0.1) is 16.6 Å². The van der Waals surface area contributed by atoms with Crippen LogP contribution >= 0.6 is 11.6 Å². The SMILES string of the molecule is Oc1ccc(F)c(F)c1-c1c(F)cc2c(c1Cl)OC[C@H]1CNCCN1C2. The molecule has 0 aliphatic carbocycles. The summed E-state index contributed by atoms with van der Waals surface area (Å²) in [5.74, 6) is -3.76. The highest BCUT2D eigenvalue weighted by Gasteiger charge is 2.31. The van der Waals surface area contributed by atoms with Crippen LogP contribution in [0.25, 0.3) is 11.1 Å². The van der Waals surface area contributed by atoms with Gasteiger partial charge in [0.1, 0.15) is 23.9 Å². The summed E-state index contributed by atoms with van der Waals surface area (Å²) in [6.07, 6.45) is 0. The Bertz CT molecular complexity index is 878. The largest absolute Gasteiger partial charge is 0.507 e. The molecule has 0 amide bonds. The van der Waals surface area contributed by atoms with E-state index in [-0.39, 0.29) is 16.8 Å². The zero-order chi connectivity index (χ0) is 18.4. The minimum absolute atomic E-state index is 0.109. The molecule has 0 radical (unpaired) electrons. The molecule has 0 bridgehead atoms. The fraction of sp³-hybridized carbons (Fsp3) is 0.333. The topological polar surface area (TPSA) is 44.7 Å². The van der Waals surface area contributed by atoms with E-state index in [4.69, 9.17) is 16.3 Å². The van der Waals surface area contributed by atoms with Crippen LogP contribution in [0.3, 0.4) is 0 Å². The third-order valence-electron chi connectivity index (χ3n) is 4.84. The van der Waals surface area contributed by atoms with Crippen LogP contribution in [0.4, 0.5) is 13.2 Å². The number of piperazine rings is 1. The minimum atomic E-state index is -1.36. The molecular formula is C18H16ClF3N2O2. The van der Waals surface area contributed by atoms with Gasteiger partial charge in [0.15, 0.2) is 11.6 Å². The van der Waals surface area contributed by atoms with Crippen molar-refractivity contribution in [3.63, 3.8) is 0 Å². The fourth-order valence-electron chi connectivity index (χ4n) is 3.50. The predicted octanol–water partition coefficient (Wildman–Crippen LogP) is 3.30. The molecule has 0 aromatic heterocycles. The number of halogens is 4. The van der Waals surface area contributed by atoms with Gasteiger partial charge in [-0.1, -0.05) is 11.6 Å². The van der Waals surface area contributed by atoms with Gasteiger partial charge in [0.2, 0.25) is 0 Å². The average Bonchev–Trinajstić information content (AvgIpc) is 2.80. The van der Waals surface area contributed by atoms with E-state index in [1.54, 1.807) is 0 Å². The van der Waals surface area contributed by atoms with Gasteiger partial charge in [0, 0.05) is 37.3 Å². The average molecular weight is 385 g/mol. The van der Waals surface area contributed by atoms with Crippen LogP contribution < -0.4 is 10.1 Å². The summed E-state index contributed by atoms with van der Waals surface area (Å²) >= 11 is 6.33. The second kappa shape index (κ2) is 6.64. The zero-order valence-electron chi connectivity index (χ0n) is 13.7. The van der Waals surface area contributed by atoms with Crippen LogP contribution in [0.5, 0.6) is 11.5 Å². The van der Waals surface area contributed by atoms with Crippen molar-refractivity contribution in [3.8, 4) is 22.6 Å². The highest BCUT2D eigenvalue weighted by molar-refractivity contribution is 6.35. The van der Waals surface area contributed by atoms with Crippen LogP contribution in [0.1, 0.15) is 5.56 Å². The van der Waals surface area contributed by atoms with Gasteiger partial charge in [-0.05, 0) is 18.2 Å². The van der Waals surface area contributed by atoms with Gasteiger partial charge in [-0.15, -0.1) is 0 Å². The highest BCUT2D eigenvalue weighted by atomic mass is 35.5. The van der Waals surface area contributed by atoms with Crippen LogP contribution in [-0.4, -0.2) is 42.3 Å². The molecule has 26 heavy (non-hydrogen) atoms. The summed E-state index contributed by atoms with van der Waals surface area (Å²) in [5, 5.41) is 13.1. The third kappa shape index (κ3) is 2.80. The molecule has 2 aliphatic rings. The van der Waals surface area contributed by atoms with Crippen molar-refractivity contribution in [2.75, 3.05) is 26.2 Å². The lowest BCUT2D eigenvalue weighted by molar-refractivity contribution is 0.120. The molecule has 4 rings (SSSR count). The van der Waals surface area contributed by atoms with E-state index in [1.165, 1.54) is 6.07 Å². The maximum atomic E-state index is 14.8. The Balaban J connectivity index is 1.86. The van der Waals surface area contributed by atoms with E-state index in [2.05, 4.69) is 10.2 Å². The molecule has 2 N–H and O–H groups in total. The summed E-state index contributed by atoms with van der Waals surface area (Å²) in [4.78, 5) is 2.16. The van der Waals surface area contributed by atoms with E-state index in [0.29, 0.717) is 18.7 Å². The number of nitrogens with zero attached hydrogens (tertiary/aromatic N) is 1. The Labute approximate surface area is 153 Å². The van der Waals surface area contributed by atoms with Gasteiger partial charge < -0.3 is 15.2 Å². The minimum Gasteiger partial charge on any atom is -0.507 e. The van der Waals surface area contributed by atoms with Crippen molar-refractivity contribution in [1.29, 1.82) is 0 Å². The van der Waals surface area contributed by atoms with Gasteiger partial charge in [0.25, 0.3) is 0 Å². The molecular weight excluding hydrogens is 369 g/mol. The molecule has 1 atom stereocenters. The lowest BCUT2D eigenvalue weighted by atomic mass is 9.99. The van der Waals surface area contributed by atoms with Crippen LogP contribution in [0.2, 0.25) is 5.02 Å². The number of aromatic hydroxyl groups is 1. The summed E-state index contributed by atoms with van der Waals surface area (Å²) in [5.41, 5.74) is -0.475. The van der Waals surface area contributed by atoms with Crippen molar-refractivity contribution < 1.29 is 23.0 Å². The van der Waals surface area contributed by atoms with Crippen LogP contribution in [0, 0.1) is 17.5 Å². The zero-order valence-corrected chi connectivity index (χ0v) is 14.4. The number of ether oxygens (including phenoxy) is 1. The normalized spacial score (nSPS) is 20.1. The summed E-state index contributed by atoms with van der Waals surface area (Å²) in [6, 6.07) is 3.05. The maximum absolute atomic E-state index is 14.8. The van der Waals surface area contributed by atoms with E-state index >= 15 is 0 Å². The van der Waals surface area contributed by atoms with Crippen LogP contribution in [-0.2, 0) is 6.54 Å². The number of nitrogens with one attached hydrogen (secondary N) is 1. The number of fused-ring (bicyclic) bond motifs is 2. The van der Waals surface area contributed by atoms with Crippen molar-refractivity contribution >= 4 is 11.6 Å². The lowest BCUT2D eigenvalue weighted by Crippen LogP contribution is -2.52. The van der Waals surface area contributed by atoms with E-state index in [1.807, 2.05) is 0 Å². The second-order valence-electron chi connectivity index (χ2n) is 6.43. The number of benzene rings is 2. The molecule has 8 heteroatoms. The van der Waals surface area contributed by atoms with Crippen molar-refractivity contribution in [1.82, 2.24) is 10.2 Å². The van der Waals surface area contributed by atoms with Gasteiger partial charge in [-0.25, -0.2) is 13.2 Å². The second-order valence-corrected chi connectivity index (χ2v) is 6.81. The first-order valence-corrected chi connectivity index (χ1v) is 8.61. The summed E-state index contributed by atoms with van der Waals surface area (Å²) in [6.45, 7) is 3.12. The molecule has 2 aromatic rings. The molecule has 4 nitrogen and oxygen atoms in total. The molecule has 2 aromatic carbocycles. The first kappa shape index (κ1) is 17.5. The molecule has 1 fully saturated rings. The van der Waals surface area contributed by atoms with Crippen molar-refractivity contribution in [2.45, 2.75) is 12.6 Å². The first-order chi connectivity index (χ1) is 12.5. The Morgan fingerprint density at radius 1 is 1.19 bits per heavy atom. The smallest absolute Gasteiger partial charge is 0.170 e.